The monoisotopic (exact) mass is 392 g/mol. The van der Waals surface area contributed by atoms with Crippen molar-refractivity contribution in [2.45, 2.75) is 13.3 Å². The van der Waals surface area contributed by atoms with Gasteiger partial charge in [-0.2, -0.15) is 0 Å². The largest absolute Gasteiger partial charge is 0.506 e. The summed E-state index contributed by atoms with van der Waals surface area (Å²) in [6.07, 6.45) is 2.20. The molecule has 2 aromatic carbocycles. The van der Waals surface area contributed by atoms with Gasteiger partial charge in [-0.25, -0.2) is 9.18 Å². The molecular weight excluding hydrogens is 375 g/mol. The fourth-order valence-electron chi connectivity index (χ4n) is 3.54. The zero-order chi connectivity index (χ0) is 20.7. The number of fused-ring (bicyclic) bond motifs is 1. The number of aromatic carboxylic acids is 1. The highest BCUT2D eigenvalue weighted by Gasteiger charge is 2.22. The van der Waals surface area contributed by atoms with Crippen molar-refractivity contribution in [1.29, 1.82) is 0 Å². The predicted molar refractivity (Wildman–Crippen MR) is 107 cm³/mol. The number of hydrogen-bond donors (Lipinski definition) is 3. The van der Waals surface area contributed by atoms with E-state index < -0.39 is 22.8 Å². The van der Waals surface area contributed by atoms with Crippen LogP contribution in [0.15, 0.2) is 59.5 Å². The Balaban J connectivity index is 1.87. The first-order chi connectivity index (χ1) is 13.9. The normalized spacial score (nSPS) is 11.1. The molecule has 29 heavy (non-hydrogen) atoms. The summed E-state index contributed by atoms with van der Waals surface area (Å²) < 4.78 is 15.1. The van der Waals surface area contributed by atoms with E-state index in [4.69, 9.17) is 0 Å². The van der Waals surface area contributed by atoms with Crippen LogP contribution in [0.4, 0.5) is 4.39 Å². The van der Waals surface area contributed by atoms with Crippen molar-refractivity contribution in [3.63, 3.8) is 0 Å². The van der Waals surface area contributed by atoms with Crippen molar-refractivity contribution in [2.75, 3.05) is 0 Å². The molecule has 0 fully saturated rings. The molecule has 7 heteroatoms. The fourth-order valence-corrected chi connectivity index (χ4v) is 3.54. The molecule has 0 aliphatic heterocycles. The van der Waals surface area contributed by atoms with E-state index in [0.29, 0.717) is 23.2 Å². The second kappa shape index (κ2) is 6.94. The number of benzene rings is 2. The standard InChI is InChI=1S/C22H17FN2O4/c1-2-16-19(24-21(27)18(20(16)26)22(28)29)13-3-8-17-12(11-13)9-10-25(17)15-6-4-14(23)5-7-15/h3-11H,2H2,1H3,(H,28,29)(H2,24,26,27). The summed E-state index contributed by atoms with van der Waals surface area (Å²) in [6.45, 7) is 1.77. The van der Waals surface area contributed by atoms with Crippen LogP contribution < -0.4 is 5.56 Å². The number of aromatic nitrogens is 2. The van der Waals surface area contributed by atoms with Gasteiger partial charge in [0.1, 0.15) is 11.6 Å². The molecule has 0 unspecified atom stereocenters. The van der Waals surface area contributed by atoms with E-state index in [9.17, 15) is 24.2 Å². The Morgan fingerprint density at radius 1 is 1.14 bits per heavy atom. The summed E-state index contributed by atoms with van der Waals surface area (Å²) in [5, 5.41) is 20.4. The molecule has 2 aromatic heterocycles. The van der Waals surface area contributed by atoms with Gasteiger partial charge in [-0.15, -0.1) is 0 Å². The number of H-pyrrole nitrogens is 1. The summed E-state index contributed by atoms with van der Waals surface area (Å²) >= 11 is 0. The first-order valence-electron chi connectivity index (χ1n) is 8.99. The number of pyridine rings is 1. The maximum atomic E-state index is 13.2. The Labute approximate surface area is 164 Å². The van der Waals surface area contributed by atoms with E-state index in [1.54, 1.807) is 25.1 Å². The maximum absolute atomic E-state index is 13.2. The minimum absolute atomic E-state index is 0.312. The van der Waals surface area contributed by atoms with Crippen LogP contribution in [-0.2, 0) is 6.42 Å². The van der Waals surface area contributed by atoms with Gasteiger partial charge in [-0.05, 0) is 54.4 Å². The molecular formula is C22H17FN2O4. The zero-order valence-corrected chi connectivity index (χ0v) is 15.4. The minimum Gasteiger partial charge on any atom is -0.506 e. The van der Waals surface area contributed by atoms with Crippen molar-refractivity contribution < 1.29 is 19.4 Å². The van der Waals surface area contributed by atoms with Gasteiger partial charge in [0.2, 0.25) is 0 Å². The highest BCUT2D eigenvalue weighted by atomic mass is 19.1. The third kappa shape index (κ3) is 3.06. The lowest BCUT2D eigenvalue weighted by molar-refractivity contribution is 0.0691. The Morgan fingerprint density at radius 2 is 1.86 bits per heavy atom. The van der Waals surface area contributed by atoms with Crippen LogP contribution >= 0.6 is 0 Å². The Hall–Kier alpha value is -3.87. The molecule has 0 saturated carbocycles. The highest BCUT2D eigenvalue weighted by molar-refractivity contribution is 5.92. The van der Waals surface area contributed by atoms with Gasteiger partial charge in [0.25, 0.3) is 5.56 Å². The number of hydrogen-bond acceptors (Lipinski definition) is 3. The molecule has 0 atom stereocenters. The van der Waals surface area contributed by atoms with Gasteiger partial charge in [0, 0.05) is 22.8 Å². The van der Waals surface area contributed by atoms with Crippen LogP contribution in [0.2, 0.25) is 0 Å². The number of nitrogens with one attached hydrogen (secondary N) is 1. The van der Waals surface area contributed by atoms with Crippen LogP contribution in [0.25, 0.3) is 27.8 Å². The lowest BCUT2D eigenvalue weighted by atomic mass is 9.99. The molecule has 4 aromatic rings. The number of carbonyl (C=O) groups is 1. The highest BCUT2D eigenvalue weighted by Crippen LogP contribution is 2.32. The molecule has 3 N–H and O–H groups in total. The fraction of sp³-hybridized carbons (Fsp3) is 0.0909. The molecule has 146 valence electrons. The molecule has 6 nitrogen and oxygen atoms in total. The molecule has 2 heterocycles. The average Bonchev–Trinajstić information content (AvgIpc) is 3.11. The van der Waals surface area contributed by atoms with Crippen molar-refractivity contribution in [3.8, 4) is 22.7 Å². The molecule has 0 aliphatic rings. The Morgan fingerprint density at radius 3 is 2.52 bits per heavy atom. The van der Waals surface area contributed by atoms with E-state index in [1.807, 2.05) is 29.0 Å². The van der Waals surface area contributed by atoms with Crippen LogP contribution in [0.5, 0.6) is 5.75 Å². The van der Waals surface area contributed by atoms with Crippen molar-refractivity contribution in [1.82, 2.24) is 9.55 Å². The van der Waals surface area contributed by atoms with Gasteiger partial charge < -0.3 is 19.8 Å². The summed E-state index contributed by atoms with van der Waals surface area (Å²) in [4.78, 5) is 26.1. The number of carboxylic acids is 1. The summed E-state index contributed by atoms with van der Waals surface area (Å²) in [6, 6.07) is 13.5. The van der Waals surface area contributed by atoms with Gasteiger partial charge in [0.05, 0.1) is 11.2 Å². The second-order valence-corrected chi connectivity index (χ2v) is 6.63. The van der Waals surface area contributed by atoms with Gasteiger partial charge in [-0.1, -0.05) is 13.0 Å². The third-order valence-electron chi connectivity index (χ3n) is 4.94. The number of aromatic hydroxyl groups is 1. The molecule has 0 bridgehead atoms. The van der Waals surface area contributed by atoms with E-state index in [2.05, 4.69) is 4.98 Å². The summed E-state index contributed by atoms with van der Waals surface area (Å²) in [5.41, 5.74) is 1.57. The number of halogens is 1. The zero-order valence-electron chi connectivity index (χ0n) is 15.4. The average molecular weight is 392 g/mol. The van der Waals surface area contributed by atoms with Crippen LogP contribution in [-0.4, -0.2) is 25.7 Å². The van der Waals surface area contributed by atoms with Gasteiger partial charge in [-0.3, -0.25) is 4.79 Å². The molecule has 0 aliphatic carbocycles. The van der Waals surface area contributed by atoms with Crippen LogP contribution in [0, 0.1) is 5.82 Å². The number of aromatic amines is 1. The molecule has 4 rings (SSSR count). The first kappa shape index (κ1) is 18.5. The summed E-state index contributed by atoms with van der Waals surface area (Å²) in [5.74, 6) is -2.30. The van der Waals surface area contributed by atoms with Crippen LogP contribution in [0.1, 0.15) is 22.8 Å². The first-order valence-corrected chi connectivity index (χ1v) is 8.99. The van der Waals surface area contributed by atoms with E-state index in [0.717, 1.165) is 16.6 Å². The molecule has 0 spiro atoms. The number of nitrogens with zero attached hydrogens (tertiary/aromatic N) is 1. The second-order valence-electron chi connectivity index (χ2n) is 6.63. The third-order valence-corrected chi connectivity index (χ3v) is 4.94. The Kier molecular flexibility index (Phi) is 4.43. The number of rotatable bonds is 4. The topological polar surface area (TPSA) is 95.3 Å². The molecule has 0 amide bonds. The van der Waals surface area contributed by atoms with E-state index in [1.165, 1.54) is 12.1 Å². The molecule has 0 saturated heterocycles. The van der Waals surface area contributed by atoms with Crippen molar-refractivity contribution in [2.24, 2.45) is 0 Å². The SMILES string of the molecule is CCc1c(-c2ccc3c(ccn3-c3ccc(F)cc3)c2)[nH]c(=O)c(C(=O)O)c1O. The lowest BCUT2D eigenvalue weighted by Gasteiger charge is -2.12. The van der Waals surface area contributed by atoms with E-state index in [-0.39, 0.29) is 5.82 Å². The van der Waals surface area contributed by atoms with Crippen molar-refractivity contribution >= 4 is 16.9 Å². The summed E-state index contributed by atoms with van der Waals surface area (Å²) in [7, 11) is 0. The van der Waals surface area contributed by atoms with Gasteiger partial charge in [0.15, 0.2) is 5.56 Å². The van der Waals surface area contributed by atoms with Gasteiger partial charge >= 0.3 is 5.97 Å². The Bertz CT molecular complexity index is 1300. The van der Waals surface area contributed by atoms with Crippen molar-refractivity contribution in [3.05, 3.63) is 82.0 Å². The maximum Gasteiger partial charge on any atom is 0.345 e. The quantitative estimate of drug-likeness (QED) is 0.487. The molecule has 0 radical (unpaired) electrons. The van der Waals surface area contributed by atoms with E-state index >= 15 is 0 Å². The minimum atomic E-state index is -1.48. The smallest absolute Gasteiger partial charge is 0.345 e. The lowest BCUT2D eigenvalue weighted by Crippen LogP contribution is -2.20. The predicted octanol–water partition coefficient (Wildman–Crippen LogP) is 4.09. The number of carboxylic acid groups (broad SMARTS) is 1. The van der Waals surface area contributed by atoms with Crippen LogP contribution in [0.3, 0.4) is 0 Å².